The van der Waals surface area contributed by atoms with Gasteiger partial charge in [-0.15, -0.1) is 0 Å². The van der Waals surface area contributed by atoms with Gasteiger partial charge >= 0.3 is 5.97 Å². The molecule has 0 atom stereocenters. The van der Waals surface area contributed by atoms with Crippen LogP contribution in [0, 0.1) is 6.92 Å². The molecule has 0 aliphatic heterocycles. The Morgan fingerprint density at radius 3 is 2.67 bits per heavy atom. The molecule has 1 N–H and O–H groups in total. The molecule has 0 aromatic carbocycles. The maximum Gasteiger partial charge on any atom is 0.339 e. The van der Waals surface area contributed by atoms with Gasteiger partial charge in [0.05, 0.1) is 11.3 Å². The van der Waals surface area contributed by atoms with Crippen LogP contribution in [0.15, 0.2) is 6.20 Å². The highest BCUT2D eigenvalue weighted by atomic mass is 16.4. The highest BCUT2D eigenvalue weighted by Crippen LogP contribution is 2.11. The van der Waals surface area contributed by atoms with Crippen LogP contribution in [0.1, 0.15) is 48.7 Å². The van der Waals surface area contributed by atoms with Crippen LogP contribution in [-0.4, -0.2) is 34.6 Å². The van der Waals surface area contributed by atoms with Crippen LogP contribution in [0.5, 0.6) is 0 Å². The molecule has 0 saturated carbocycles. The van der Waals surface area contributed by atoms with E-state index in [2.05, 4.69) is 16.9 Å². The molecule has 0 aliphatic rings. The smallest absolute Gasteiger partial charge is 0.339 e. The van der Waals surface area contributed by atoms with Gasteiger partial charge in [0.1, 0.15) is 0 Å². The van der Waals surface area contributed by atoms with Gasteiger partial charge in [-0.1, -0.05) is 26.2 Å². The quantitative estimate of drug-likeness (QED) is 0.754. The maximum absolute atomic E-state index is 10.9. The molecule has 1 aromatic rings. The highest BCUT2D eigenvalue weighted by Gasteiger charge is 2.11. The molecule has 0 saturated heterocycles. The summed E-state index contributed by atoms with van der Waals surface area (Å²) in [5.41, 5.74) is 0.672. The number of hydrogen-bond acceptors (Lipinski definition) is 4. The van der Waals surface area contributed by atoms with Gasteiger partial charge in [0.25, 0.3) is 0 Å². The highest BCUT2D eigenvalue weighted by molar-refractivity contribution is 5.88. The summed E-state index contributed by atoms with van der Waals surface area (Å²) in [6, 6.07) is 0. The Morgan fingerprint density at radius 2 is 2.11 bits per heavy atom. The van der Waals surface area contributed by atoms with E-state index in [0.29, 0.717) is 11.6 Å². The van der Waals surface area contributed by atoms with Crippen LogP contribution in [0.3, 0.4) is 0 Å². The average molecular weight is 251 g/mol. The fourth-order valence-corrected chi connectivity index (χ4v) is 1.72. The summed E-state index contributed by atoms with van der Waals surface area (Å²) in [5.74, 6) is -0.390. The summed E-state index contributed by atoms with van der Waals surface area (Å²) in [6.45, 7) is 4.77. The molecule has 1 aromatic heterocycles. The Kier molecular flexibility index (Phi) is 5.55. The lowest BCUT2D eigenvalue weighted by Crippen LogP contribution is -2.22. The van der Waals surface area contributed by atoms with Gasteiger partial charge in [-0.2, -0.15) is 0 Å². The number of rotatable bonds is 7. The molecular weight excluding hydrogens is 230 g/mol. The molecule has 0 spiro atoms. The van der Waals surface area contributed by atoms with Crippen molar-refractivity contribution >= 4 is 11.9 Å². The van der Waals surface area contributed by atoms with E-state index in [1.54, 1.807) is 6.92 Å². The largest absolute Gasteiger partial charge is 0.478 e. The lowest BCUT2D eigenvalue weighted by Gasteiger charge is -2.17. The van der Waals surface area contributed by atoms with Crippen molar-refractivity contribution in [2.24, 2.45) is 0 Å². The number of nitrogens with zero attached hydrogens (tertiary/aromatic N) is 3. The van der Waals surface area contributed by atoms with Crippen LogP contribution in [-0.2, 0) is 0 Å². The second-order valence-corrected chi connectivity index (χ2v) is 4.46. The van der Waals surface area contributed by atoms with Gasteiger partial charge in [-0.05, 0) is 13.3 Å². The predicted molar refractivity (Wildman–Crippen MR) is 71.1 cm³/mol. The van der Waals surface area contributed by atoms with Crippen molar-refractivity contribution in [3.8, 4) is 0 Å². The van der Waals surface area contributed by atoms with E-state index in [-0.39, 0.29) is 5.56 Å². The number of aryl methyl sites for hydroxylation is 1. The summed E-state index contributed by atoms with van der Waals surface area (Å²) < 4.78 is 0. The molecule has 0 bridgehead atoms. The molecule has 0 aliphatic carbocycles. The molecule has 1 heterocycles. The van der Waals surface area contributed by atoms with E-state index in [9.17, 15) is 4.79 Å². The van der Waals surface area contributed by atoms with Crippen molar-refractivity contribution in [1.29, 1.82) is 0 Å². The maximum atomic E-state index is 10.9. The first-order valence-corrected chi connectivity index (χ1v) is 6.34. The van der Waals surface area contributed by atoms with Crippen molar-refractivity contribution in [3.63, 3.8) is 0 Å². The predicted octanol–water partition coefficient (Wildman–Crippen LogP) is 2.50. The number of hydrogen-bond donors (Lipinski definition) is 1. The fraction of sp³-hybridized carbons (Fsp3) is 0.615. The van der Waals surface area contributed by atoms with Crippen molar-refractivity contribution in [3.05, 3.63) is 17.5 Å². The number of carbonyl (C=O) groups is 1. The number of aromatic nitrogens is 2. The van der Waals surface area contributed by atoms with Crippen LogP contribution >= 0.6 is 0 Å². The zero-order valence-electron chi connectivity index (χ0n) is 11.3. The summed E-state index contributed by atoms with van der Waals surface area (Å²) in [5, 5.41) is 8.90. The van der Waals surface area contributed by atoms with E-state index in [4.69, 9.17) is 5.11 Å². The van der Waals surface area contributed by atoms with Gasteiger partial charge in [0.15, 0.2) is 0 Å². The monoisotopic (exact) mass is 251 g/mol. The van der Waals surface area contributed by atoms with Gasteiger partial charge in [-0.3, -0.25) is 0 Å². The van der Waals surface area contributed by atoms with Gasteiger partial charge in [0.2, 0.25) is 5.95 Å². The summed E-state index contributed by atoms with van der Waals surface area (Å²) in [6.07, 6.45) is 6.14. The molecule has 18 heavy (non-hydrogen) atoms. The van der Waals surface area contributed by atoms with E-state index < -0.39 is 5.97 Å². The number of unbranched alkanes of at least 4 members (excludes halogenated alkanes) is 3. The third-order valence-electron chi connectivity index (χ3n) is 2.89. The van der Waals surface area contributed by atoms with Crippen LogP contribution in [0.25, 0.3) is 0 Å². The standard InChI is InChI=1S/C13H21N3O2/c1-4-5-6-7-8-16(3)13-14-9-11(12(17)18)10(2)15-13/h9H,4-8H2,1-3H3,(H,17,18). The summed E-state index contributed by atoms with van der Waals surface area (Å²) >= 11 is 0. The molecular formula is C13H21N3O2. The molecule has 0 radical (unpaired) electrons. The zero-order chi connectivity index (χ0) is 13.5. The number of aromatic carboxylic acids is 1. The minimum atomic E-state index is -0.982. The number of carboxylic acids is 1. The molecule has 100 valence electrons. The van der Waals surface area contributed by atoms with Gasteiger partial charge in [-0.25, -0.2) is 14.8 Å². The van der Waals surface area contributed by atoms with Crippen molar-refractivity contribution in [1.82, 2.24) is 9.97 Å². The first-order valence-electron chi connectivity index (χ1n) is 6.34. The summed E-state index contributed by atoms with van der Waals surface area (Å²) in [4.78, 5) is 21.1. The Bertz CT molecular complexity index is 407. The normalized spacial score (nSPS) is 10.4. The van der Waals surface area contributed by atoms with E-state index >= 15 is 0 Å². The number of anilines is 1. The lowest BCUT2D eigenvalue weighted by molar-refractivity contribution is 0.0695. The van der Waals surface area contributed by atoms with E-state index in [0.717, 1.165) is 13.0 Å². The minimum absolute atomic E-state index is 0.165. The average Bonchev–Trinajstić information content (AvgIpc) is 2.33. The minimum Gasteiger partial charge on any atom is -0.478 e. The second-order valence-electron chi connectivity index (χ2n) is 4.46. The molecule has 5 heteroatoms. The molecule has 0 amide bonds. The fourth-order valence-electron chi connectivity index (χ4n) is 1.72. The van der Waals surface area contributed by atoms with Crippen molar-refractivity contribution in [2.75, 3.05) is 18.5 Å². The Hall–Kier alpha value is -1.65. The lowest BCUT2D eigenvalue weighted by atomic mass is 10.2. The van der Waals surface area contributed by atoms with Crippen LogP contribution in [0.4, 0.5) is 5.95 Å². The second kappa shape index (κ2) is 6.93. The van der Waals surface area contributed by atoms with Crippen molar-refractivity contribution < 1.29 is 9.90 Å². The molecule has 0 unspecified atom stereocenters. The molecule has 5 nitrogen and oxygen atoms in total. The topological polar surface area (TPSA) is 66.3 Å². The molecule has 1 rings (SSSR count). The molecule has 0 fully saturated rings. The summed E-state index contributed by atoms with van der Waals surface area (Å²) in [7, 11) is 1.93. The van der Waals surface area contributed by atoms with E-state index in [1.807, 2.05) is 11.9 Å². The first kappa shape index (κ1) is 14.4. The van der Waals surface area contributed by atoms with Crippen LogP contribution in [0.2, 0.25) is 0 Å². The number of carboxylic acid groups (broad SMARTS) is 1. The SMILES string of the molecule is CCCCCCN(C)c1ncc(C(=O)O)c(C)n1. The third-order valence-corrected chi connectivity index (χ3v) is 2.89. The van der Waals surface area contributed by atoms with E-state index in [1.165, 1.54) is 25.5 Å². The Balaban J connectivity index is 2.61. The van der Waals surface area contributed by atoms with Crippen LogP contribution < -0.4 is 4.90 Å². The van der Waals surface area contributed by atoms with Gasteiger partial charge in [0, 0.05) is 19.8 Å². The Labute approximate surface area is 108 Å². The third kappa shape index (κ3) is 3.98. The van der Waals surface area contributed by atoms with Crippen molar-refractivity contribution in [2.45, 2.75) is 39.5 Å². The zero-order valence-corrected chi connectivity index (χ0v) is 11.3. The van der Waals surface area contributed by atoms with Gasteiger partial charge < -0.3 is 10.0 Å². The first-order chi connectivity index (χ1) is 8.56. The Morgan fingerprint density at radius 1 is 1.39 bits per heavy atom.